The molecule has 2 rings (SSSR count). The molecule has 0 bridgehead atoms. The smallest absolute Gasteiger partial charge is 0.242 e. The number of nitrogens with two attached hydrogens (primary N) is 1. The van der Waals surface area contributed by atoms with Crippen LogP contribution in [0.3, 0.4) is 0 Å². The van der Waals surface area contributed by atoms with Gasteiger partial charge in [0.15, 0.2) is 0 Å². The van der Waals surface area contributed by atoms with Gasteiger partial charge in [-0.1, -0.05) is 38.8 Å². The van der Waals surface area contributed by atoms with Gasteiger partial charge in [0, 0.05) is 6.04 Å². The Bertz CT molecular complexity index is 552. The molecule has 1 aromatic carbocycles. The van der Waals surface area contributed by atoms with Crippen LogP contribution in [-0.2, 0) is 10.0 Å². The van der Waals surface area contributed by atoms with E-state index in [0.717, 1.165) is 19.3 Å². The monoisotopic (exact) mass is 282 g/mol. The maximum absolute atomic E-state index is 12.4. The zero-order chi connectivity index (χ0) is 14.1. The van der Waals surface area contributed by atoms with Gasteiger partial charge in [-0.05, 0) is 30.4 Å². The number of para-hydroxylation sites is 1. The molecular weight excluding hydrogens is 260 g/mol. The van der Waals surface area contributed by atoms with Gasteiger partial charge in [-0.15, -0.1) is 0 Å². The number of nitrogens with one attached hydrogen (secondary N) is 1. The largest absolute Gasteiger partial charge is 0.398 e. The van der Waals surface area contributed by atoms with Crippen LogP contribution < -0.4 is 10.5 Å². The Kier molecular flexibility index (Phi) is 3.87. The van der Waals surface area contributed by atoms with Crippen molar-refractivity contribution in [3.63, 3.8) is 0 Å². The molecule has 19 heavy (non-hydrogen) atoms. The van der Waals surface area contributed by atoms with Gasteiger partial charge in [0.1, 0.15) is 4.90 Å². The SMILES string of the molecule is CC1(C)CCCCC1NS(=O)(=O)c1ccccc1N. The molecule has 5 heteroatoms. The standard InChI is InChI=1S/C14H22N2O2S/c1-14(2)10-6-5-9-13(14)16-19(17,18)12-8-4-3-7-11(12)15/h3-4,7-8,13,16H,5-6,9-10,15H2,1-2H3. The molecule has 3 N–H and O–H groups in total. The van der Waals surface area contributed by atoms with E-state index < -0.39 is 10.0 Å². The Morgan fingerprint density at radius 1 is 1.26 bits per heavy atom. The average molecular weight is 282 g/mol. The first-order valence-corrected chi connectivity index (χ1v) is 8.18. The first-order valence-electron chi connectivity index (χ1n) is 6.70. The highest BCUT2D eigenvalue weighted by Crippen LogP contribution is 2.36. The van der Waals surface area contributed by atoms with E-state index in [1.54, 1.807) is 24.3 Å². The predicted molar refractivity (Wildman–Crippen MR) is 77.2 cm³/mol. The first-order chi connectivity index (χ1) is 8.83. The molecule has 0 aliphatic heterocycles. The van der Waals surface area contributed by atoms with Gasteiger partial charge in [-0.2, -0.15) is 0 Å². The number of hydrogen-bond acceptors (Lipinski definition) is 3. The fourth-order valence-corrected chi connectivity index (χ4v) is 4.26. The Hall–Kier alpha value is -1.07. The van der Waals surface area contributed by atoms with Crippen molar-refractivity contribution in [2.75, 3.05) is 5.73 Å². The highest BCUT2D eigenvalue weighted by molar-refractivity contribution is 7.89. The topological polar surface area (TPSA) is 72.2 Å². The third-order valence-corrected chi connectivity index (χ3v) is 5.56. The fraction of sp³-hybridized carbons (Fsp3) is 0.571. The summed E-state index contributed by atoms with van der Waals surface area (Å²) in [6.45, 7) is 4.24. The van der Waals surface area contributed by atoms with E-state index in [2.05, 4.69) is 18.6 Å². The summed E-state index contributed by atoms with van der Waals surface area (Å²) >= 11 is 0. The van der Waals surface area contributed by atoms with E-state index >= 15 is 0 Å². The lowest BCUT2D eigenvalue weighted by atomic mass is 9.74. The molecule has 0 aromatic heterocycles. The third-order valence-electron chi connectivity index (χ3n) is 4.01. The van der Waals surface area contributed by atoms with Crippen molar-refractivity contribution >= 4 is 15.7 Å². The minimum atomic E-state index is -3.54. The molecule has 0 amide bonds. The van der Waals surface area contributed by atoms with Crippen LogP contribution in [0.2, 0.25) is 0 Å². The Morgan fingerprint density at radius 3 is 2.58 bits per heavy atom. The van der Waals surface area contributed by atoms with Crippen molar-refractivity contribution in [2.24, 2.45) is 5.41 Å². The molecule has 0 spiro atoms. The Labute approximate surface area is 115 Å². The summed E-state index contributed by atoms with van der Waals surface area (Å²) in [4.78, 5) is 0.177. The van der Waals surface area contributed by atoms with Gasteiger partial charge in [0.25, 0.3) is 0 Å². The molecular formula is C14H22N2O2S. The Balaban J connectivity index is 2.25. The predicted octanol–water partition coefficient (Wildman–Crippen LogP) is 2.52. The van der Waals surface area contributed by atoms with Crippen molar-refractivity contribution in [1.82, 2.24) is 4.72 Å². The lowest BCUT2D eigenvalue weighted by Crippen LogP contribution is -2.46. The minimum absolute atomic E-state index is 0.00510. The average Bonchev–Trinajstić information content (AvgIpc) is 2.32. The van der Waals surface area contributed by atoms with E-state index in [0.29, 0.717) is 5.69 Å². The van der Waals surface area contributed by atoms with Gasteiger partial charge >= 0.3 is 0 Å². The number of benzene rings is 1. The van der Waals surface area contributed by atoms with Crippen molar-refractivity contribution in [1.29, 1.82) is 0 Å². The number of rotatable bonds is 3. The van der Waals surface area contributed by atoms with Crippen LogP contribution in [0.5, 0.6) is 0 Å². The lowest BCUT2D eigenvalue weighted by molar-refractivity contribution is 0.188. The van der Waals surface area contributed by atoms with Crippen molar-refractivity contribution in [3.05, 3.63) is 24.3 Å². The van der Waals surface area contributed by atoms with Crippen LogP contribution in [0.15, 0.2) is 29.2 Å². The molecule has 1 aliphatic carbocycles. The highest BCUT2D eigenvalue weighted by Gasteiger charge is 2.35. The molecule has 0 heterocycles. The summed E-state index contributed by atoms with van der Waals surface area (Å²) in [5.74, 6) is 0. The van der Waals surface area contributed by atoms with Crippen LogP contribution in [0.1, 0.15) is 39.5 Å². The van der Waals surface area contributed by atoms with Gasteiger partial charge in [0.2, 0.25) is 10.0 Å². The van der Waals surface area contributed by atoms with Gasteiger partial charge < -0.3 is 5.73 Å². The first kappa shape index (κ1) is 14.3. The number of sulfonamides is 1. The van der Waals surface area contributed by atoms with Crippen molar-refractivity contribution < 1.29 is 8.42 Å². The Morgan fingerprint density at radius 2 is 1.95 bits per heavy atom. The second-order valence-corrected chi connectivity index (χ2v) is 7.63. The summed E-state index contributed by atoms with van der Waals surface area (Å²) in [7, 11) is -3.54. The summed E-state index contributed by atoms with van der Waals surface area (Å²) in [6.07, 6.45) is 4.17. The zero-order valence-corrected chi connectivity index (χ0v) is 12.3. The third kappa shape index (κ3) is 3.09. The molecule has 0 radical (unpaired) electrons. The van der Waals surface area contributed by atoms with E-state index in [1.165, 1.54) is 6.42 Å². The van der Waals surface area contributed by atoms with Gasteiger partial charge in [-0.25, -0.2) is 13.1 Å². The highest BCUT2D eigenvalue weighted by atomic mass is 32.2. The van der Waals surface area contributed by atoms with E-state index in [9.17, 15) is 8.42 Å². The molecule has 1 aromatic rings. The number of nitrogen functional groups attached to an aromatic ring is 1. The van der Waals surface area contributed by atoms with Gasteiger partial charge in [0.05, 0.1) is 5.69 Å². The van der Waals surface area contributed by atoms with Crippen LogP contribution in [0.25, 0.3) is 0 Å². The number of anilines is 1. The van der Waals surface area contributed by atoms with E-state index in [4.69, 9.17) is 5.73 Å². The minimum Gasteiger partial charge on any atom is -0.398 e. The second-order valence-electron chi connectivity index (χ2n) is 5.95. The summed E-state index contributed by atoms with van der Waals surface area (Å²) in [5, 5.41) is 0. The van der Waals surface area contributed by atoms with E-state index in [-0.39, 0.29) is 16.4 Å². The van der Waals surface area contributed by atoms with E-state index in [1.807, 2.05) is 0 Å². The maximum atomic E-state index is 12.4. The molecule has 1 aliphatic rings. The van der Waals surface area contributed by atoms with Crippen LogP contribution >= 0.6 is 0 Å². The van der Waals surface area contributed by atoms with Crippen LogP contribution in [0.4, 0.5) is 5.69 Å². The summed E-state index contributed by atoms with van der Waals surface area (Å²) in [6, 6.07) is 6.56. The van der Waals surface area contributed by atoms with Crippen LogP contribution in [-0.4, -0.2) is 14.5 Å². The molecule has 1 saturated carbocycles. The quantitative estimate of drug-likeness (QED) is 0.837. The van der Waals surface area contributed by atoms with Crippen LogP contribution in [0, 0.1) is 5.41 Å². The lowest BCUT2D eigenvalue weighted by Gasteiger charge is -2.38. The van der Waals surface area contributed by atoms with Crippen molar-refractivity contribution in [3.8, 4) is 0 Å². The molecule has 1 unspecified atom stereocenters. The molecule has 1 atom stereocenters. The van der Waals surface area contributed by atoms with Crippen molar-refractivity contribution in [2.45, 2.75) is 50.5 Å². The molecule has 4 nitrogen and oxygen atoms in total. The molecule has 1 fully saturated rings. The second kappa shape index (κ2) is 5.13. The fourth-order valence-electron chi connectivity index (χ4n) is 2.69. The summed E-state index contributed by atoms with van der Waals surface area (Å²) < 4.78 is 27.7. The molecule has 106 valence electrons. The zero-order valence-electron chi connectivity index (χ0n) is 11.5. The number of hydrogen-bond donors (Lipinski definition) is 2. The molecule has 0 saturated heterocycles. The normalized spacial score (nSPS) is 23.2. The maximum Gasteiger partial charge on any atom is 0.242 e. The summed E-state index contributed by atoms with van der Waals surface area (Å²) in [5.41, 5.74) is 6.05. The van der Waals surface area contributed by atoms with Gasteiger partial charge in [-0.3, -0.25) is 0 Å².